The van der Waals surface area contributed by atoms with Crippen molar-refractivity contribution in [3.63, 3.8) is 0 Å². The van der Waals surface area contributed by atoms with Gasteiger partial charge in [-0.3, -0.25) is 4.79 Å². The summed E-state index contributed by atoms with van der Waals surface area (Å²) in [5, 5.41) is 5.48. The molecule has 0 saturated heterocycles. The molecule has 0 bridgehead atoms. The van der Waals surface area contributed by atoms with Crippen molar-refractivity contribution in [1.29, 1.82) is 0 Å². The molecule has 0 aliphatic carbocycles. The van der Waals surface area contributed by atoms with Gasteiger partial charge in [-0.25, -0.2) is 0 Å². The minimum atomic E-state index is -0.406. The van der Waals surface area contributed by atoms with Gasteiger partial charge in [-0.05, 0) is 18.5 Å². The Morgan fingerprint density at radius 1 is 1.91 bits per heavy atom. The van der Waals surface area contributed by atoms with Crippen molar-refractivity contribution < 1.29 is 4.79 Å². The fourth-order valence-corrected chi connectivity index (χ4v) is 1.05. The predicted octanol–water partition coefficient (Wildman–Crippen LogP) is -0.00310. The summed E-state index contributed by atoms with van der Waals surface area (Å²) in [6, 6.07) is -0.406. The summed E-state index contributed by atoms with van der Waals surface area (Å²) < 4.78 is 3.63. The fraction of sp³-hybridized carbons (Fsp3) is 0.500. The Morgan fingerprint density at radius 3 is 3.09 bits per heavy atom. The maximum absolute atomic E-state index is 11.0. The number of aromatic nitrogens is 2. The number of hydrogen-bond donors (Lipinski definition) is 1. The van der Waals surface area contributed by atoms with Crippen LogP contribution >= 0.6 is 11.5 Å². The van der Waals surface area contributed by atoms with Crippen LogP contribution in [-0.4, -0.2) is 21.4 Å². The molecular formula is C6H9N3OS. The molecule has 1 aromatic heterocycles. The van der Waals surface area contributed by atoms with E-state index in [0.29, 0.717) is 12.1 Å². The van der Waals surface area contributed by atoms with Crippen LogP contribution < -0.4 is 5.73 Å². The van der Waals surface area contributed by atoms with Gasteiger partial charge in [-0.2, -0.15) is 0 Å². The van der Waals surface area contributed by atoms with Gasteiger partial charge in [0.1, 0.15) is 0 Å². The van der Waals surface area contributed by atoms with E-state index in [4.69, 9.17) is 5.73 Å². The van der Waals surface area contributed by atoms with Crippen LogP contribution in [0.5, 0.6) is 0 Å². The normalized spacial score (nSPS) is 12.9. The molecule has 1 rings (SSSR count). The Bertz CT molecular complexity index is 232. The van der Waals surface area contributed by atoms with Gasteiger partial charge in [0.25, 0.3) is 0 Å². The molecule has 1 heterocycles. The summed E-state index contributed by atoms with van der Waals surface area (Å²) in [4.78, 5) is 11.0. The summed E-state index contributed by atoms with van der Waals surface area (Å²) in [5.41, 5.74) is 6.06. The molecule has 2 N–H and O–H groups in total. The minimum absolute atomic E-state index is 0.00213. The van der Waals surface area contributed by atoms with Crippen LogP contribution in [0.2, 0.25) is 0 Å². The van der Waals surface area contributed by atoms with Crippen LogP contribution in [0.25, 0.3) is 0 Å². The molecule has 0 unspecified atom stereocenters. The average molecular weight is 171 g/mol. The Hall–Kier alpha value is -0.810. The van der Waals surface area contributed by atoms with E-state index in [1.165, 1.54) is 11.5 Å². The summed E-state index contributed by atoms with van der Waals surface area (Å²) in [7, 11) is 0. The highest BCUT2D eigenvalue weighted by molar-refractivity contribution is 7.03. The van der Waals surface area contributed by atoms with Gasteiger partial charge in [0, 0.05) is 5.38 Å². The number of nitrogens with zero attached hydrogens (tertiary/aromatic N) is 2. The molecule has 60 valence electrons. The number of rotatable bonds is 3. The molecule has 1 aromatic rings. The van der Waals surface area contributed by atoms with Crippen LogP contribution in [0.1, 0.15) is 12.6 Å². The number of ketones is 1. The van der Waals surface area contributed by atoms with Gasteiger partial charge in [0.15, 0.2) is 5.78 Å². The van der Waals surface area contributed by atoms with Crippen molar-refractivity contribution in [2.75, 3.05) is 0 Å². The molecule has 11 heavy (non-hydrogen) atoms. The van der Waals surface area contributed by atoms with E-state index in [0.717, 1.165) is 0 Å². The highest BCUT2D eigenvalue weighted by Crippen LogP contribution is 1.99. The second kappa shape index (κ2) is 3.54. The standard InChI is InChI=1S/C6H9N3OS/c1-4(7)6(10)2-5-3-11-9-8-5/h3-4H,2,7H2,1H3/t4-/m0/s1. The third-order valence-corrected chi connectivity index (χ3v) is 1.82. The molecule has 0 aliphatic heterocycles. The lowest BCUT2D eigenvalue weighted by atomic mass is 10.1. The van der Waals surface area contributed by atoms with Crippen molar-refractivity contribution >= 4 is 17.3 Å². The fourth-order valence-electron chi connectivity index (χ4n) is 0.601. The van der Waals surface area contributed by atoms with Crippen LogP contribution in [0.3, 0.4) is 0 Å². The first-order valence-corrected chi connectivity index (χ1v) is 4.08. The van der Waals surface area contributed by atoms with Gasteiger partial charge in [0.2, 0.25) is 0 Å². The Labute approximate surface area is 68.6 Å². The van der Waals surface area contributed by atoms with Crippen molar-refractivity contribution in [3.8, 4) is 0 Å². The number of carbonyl (C=O) groups is 1. The monoisotopic (exact) mass is 171 g/mol. The number of nitrogens with two attached hydrogens (primary N) is 1. The molecular weight excluding hydrogens is 162 g/mol. The number of carbonyl (C=O) groups excluding carboxylic acids is 1. The Balaban J connectivity index is 2.50. The van der Waals surface area contributed by atoms with E-state index in [1.54, 1.807) is 12.3 Å². The first kappa shape index (κ1) is 8.29. The molecule has 0 aromatic carbocycles. The predicted molar refractivity (Wildman–Crippen MR) is 42.3 cm³/mol. The highest BCUT2D eigenvalue weighted by Gasteiger charge is 2.09. The van der Waals surface area contributed by atoms with Crippen molar-refractivity contribution in [1.82, 2.24) is 9.59 Å². The smallest absolute Gasteiger partial charge is 0.155 e. The highest BCUT2D eigenvalue weighted by atomic mass is 32.1. The molecule has 5 heteroatoms. The van der Waals surface area contributed by atoms with Crippen LogP contribution in [0, 0.1) is 0 Å². The first-order chi connectivity index (χ1) is 5.20. The van der Waals surface area contributed by atoms with E-state index in [2.05, 4.69) is 9.59 Å². The van der Waals surface area contributed by atoms with Crippen LogP contribution in [0.15, 0.2) is 5.38 Å². The minimum Gasteiger partial charge on any atom is -0.322 e. The zero-order valence-corrected chi connectivity index (χ0v) is 6.97. The van der Waals surface area contributed by atoms with Gasteiger partial charge in [0.05, 0.1) is 18.2 Å². The summed E-state index contributed by atoms with van der Waals surface area (Å²) in [5.74, 6) is -0.00213. The van der Waals surface area contributed by atoms with Crippen molar-refractivity contribution in [3.05, 3.63) is 11.1 Å². The van der Waals surface area contributed by atoms with E-state index < -0.39 is 6.04 Å². The molecule has 0 spiro atoms. The third-order valence-electron chi connectivity index (χ3n) is 1.27. The largest absolute Gasteiger partial charge is 0.322 e. The number of hydrogen-bond acceptors (Lipinski definition) is 5. The molecule has 0 saturated carbocycles. The summed E-state index contributed by atoms with van der Waals surface area (Å²) in [6.07, 6.45) is 0.300. The lowest BCUT2D eigenvalue weighted by Crippen LogP contribution is -2.28. The maximum atomic E-state index is 11.0. The maximum Gasteiger partial charge on any atom is 0.155 e. The van der Waals surface area contributed by atoms with E-state index in [9.17, 15) is 4.79 Å². The van der Waals surface area contributed by atoms with Gasteiger partial charge >= 0.3 is 0 Å². The Kier molecular flexibility index (Phi) is 2.67. The van der Waals surface area contributed by atoms with Crippen LogP contribution in [0.4, 0.5) is 0 Å². The van der Waals surface area contributed by atoms with E-state index in [-0.39, 0.29) is 5.78 Å². The summed E-state index contributed by atoms with van der Waals surface area (Å²) >= 11 is 1.24. The third kappa shape index (κ3) is 2.36. The molecule has 0 radical (unpaired) electrons. The quantitative estimate of drug-likeness (QED) is 0.694. The van der Waals surface area contributed by atoms with Gasteiger partial charge in [-0.1, -0.05) is 4.49 Å². The second-order valence-corrected chi connectivity index (χ2v) is 2.94. The SMILES string of the molecule is C[C@H](N)C(=O)Cc1csnn1. The van der Waals surface area contributed by atoms with Crippen molar-refractivity contribution in [2.24, 2.45) is 5.73 Å². The lowest BCUT2D eigenvalue weighted by molar-refractivity contribution is -0.119. The molecule has 0 amide bonds. The van der Waals surface area contributed by atoms with E-state index >= 15 is 0 Å². The number of Topliss-reactive ketones (excluding diaryl/α,β-unsaturated/α-hetero) is 1. The second-order valence-electron chi connectivity index (χ2n) is 2.33. The molecule has 1 atom stereocenters. The van der Waals surface area contributed by atoms with Crippen molar-refractivity contribution in [2.45, 2.75) is 19.4 Å². The van der Waals surface area contributed by atoms with Gasteiger partial charge in [-0.15, -0.1) is 5.10 Å². The summed E-state index contributed by atoms with van der Waals surface area (Å²) in [6.45, 7) is 1.67. The zero-order valence-electron chi connectivity index (χ0n) is 6.15. The van der Waals surface area contributed by atoms with Gasteiger partial charge < -0.3 is 5.73 Å². The average Bonchev–Trinajstić information content (AvgIpc) is 2.39. The van der Waals surface area contributed by atoms with Crippen LogP contribution in [-0.2, 0) is 11.2 Å². The molecule has 0 fully saturated rings. The zero-order chi connectivity index (χ0) is 8.27. The van der Waals surface area contributed by atoms with E-state index in [1.807, 2.05) is 0 Å². The molecule has 0 aliphatic rings. The first-order valence-electron chi connectivity index (χ1n) is 3.24. The topological polar surface area (TPSA) is 68.9 Å². The Morgan fingerprint density at radius 2 is 2.64 bits per heavy atom. The lowest BCUT2D eigenvalue weighted by Gasteiger charge is -1.99. The molecule has 4 nitrogen and oxygen atoms in total.